The molecule has 0 saturated heterocycles. The minimum Gasteiger partial charge on any atom is -0.480 e. The Morgan fingerprint density at radius 2 is 1.62 bits per heavy atom. The molecule has 0 aromatic heterocycles. The topological polar surface area (TPSA) is 130 Å². The molecule has 0 bridgehead atoms. The molecule has 3 aromatic carbocycles. The summed E-state index contributed by atoms with van der Waals surface area (Å²) in [5, 5.41) is 10.8. The van der Waals surface area contributed by atoms with E-state index in [0.717, 1.165) is 9.69 Å². The van der Waals surface area contributed by atoms with Gasteiger partial charge in [-0.05, 0) is 47.2 Å². The highest BCUT2D eigenvalue weighted by Crippen LogP contribution is 2.30. The van der Waals surface area contributed by atoms with Crippen LogP contribution in [-0.2, 0) is 19.6 Å². The number of anilines is 1. The smallest absolute Gasteiger partial charge is 0.324 e. The summed E-state index contributed by atoms with van der Waals surface area (Å²) in [6.45, 7) is 0.439. The first-order valence-electron chi connectivity index (χ1n) is 9.07. The van der Waals surface area contributed by atoms with Gasteiger partial charge in [0.05, 0.1) is 10.6 Å². The van der Waals surface area contributed by atoms with E-state index in [9.17, 15) is 23.1 Å². The van der Waals surface area contributed by atoms with E-state index in [-0.39, 0.29) is 26.5 Å². The highest BCUT2D eigenvalue weighted by Gasteiger charge is 2.28. The molecule has 1 amide bonds. The molecule has 0 unspecified atom stereocenters. The lowest BCUT2D eigenvalue weighted by Gasteiger charge is -2.23. The molecule has 0 radical (unpaired) electrons. The van der Waals surface area contributed by atoms with Gasteiger partial charge in [0.25, 0.3) is 10.0 Å². The Bertz CT molecular complexity index is 1350. The van der Waals surface area contributed by atoms with Crippen molar-refractivity contribution in [3.05, 3.63) is 70.2 Å². The van der Waals surface area contributed by atoms with Gasteiger partial charge in [-0.2, -0.15) is 4.99 Å². The third-order valence-electron chi connectivity index (χ3n) is 4.39. The second kappa shape index (κ2) is 9.15. The maximum absolute atomic E-state index is 13.3. The molecule has 0 aliphatic rings. The van der Waals surface area contributed by atoms with E-state index in [0.29, 0.717) is 10.9 Å². The van der Waals surface area contributed by atoms with Gasteiger partial charge in [0.1, 0.15) is 12.4 Å². The van der Waals surface area contributed by atoms with Crippen LogP contribution in [0.3, 0.4) is 0 Å². The molecule has 32 heavy (non-hydrogen) atoms. The Labute approximate surface area is 193 Å². The summed E-state index contributed by atoms with van der Waals surface area (Å²) in [5.74, 6) is -1.81. The van der Waals surface area contributed by atoms with Crippen molar-refractivity contribution >= 4 is 67.4 Å². The molecule has 3 N–H and O–H groups in total. The van der Waals surface area contributed by atoms with E-state index in [1.165, 1.54) is 37.3 Å². The summed E-state index contributed by atoms with van der Waals surface area (Å²) in [4.78, 5) is 26.1. The van der Waals surface area contributed by atoms with Crippen LogP contribution in [0.4, 0.5) is 5.69 Å². The standard InChI is InChI=1S/C21H17Cl2N3O5S/c1-12(27)25-21(24)14-3-2-13-4-5-18(7-15(13)6-14)26(11-20(28)29)32(30,31)19-9-16(22)8-17(23)10-19/h2-10H,11H2,1H3,(H,28,29)(H2,24,25,27). The summed E-state index contributed by atoms with van der Waals surface area (Å²) in [7, 11) is -4.31. The largest absolute Gasteiger partial charge is 0.480 e. The number of halogens is 2. The number of sulfonamides is 1. The van der Waals surface area contributed by atoms with Gasteiger partial charge in [-0.3, -0.25) is 13.9 Å². The molecule has 3 rings (SSSR count). The van der Waals surface area contributed by atoms with Crippen LogP contribution < -0.4 is 10.0 Å². The summed E-state index contributed by atoms with van der Waals surface area (Å²) in [5.41, 5.74) is 6.41. The van der Waals surface area contributed by atoms with Gasteiger partial charge in [-0.1, -0.05) is 41.4 Å². The number of amides is 1. The number of hydrogen-bond donors (Lipinski definition) is 2. The second-order valence-corrected chi connectivity index (χ2v) is 9.51. The molecule has 0 spiro atoms. The number of carboxylic acids is 1. The van der Waals surface area contributed by atoms with Crippen molar-refractivity contribution in [3.8, 4) is 0 Å². The number of rotatable bonds is 6. The van der Waals surface area contributed by atoms with Crippen molar-refractivity contribution in [2.24, 2.45) is 10.7 Å². The highest BCUT2D eigenvalue weighted by atomic mass is 35.5. The van der Waals surface area contributed by atoms with Crippen molar-refractivity contribution in [3.63, 3.8) is 0 Å². The zero-order chi connectivity index (χ0) is 23.6. The Kier molecular flexibility index (Phi) is 6.73. The zero-order valence-corrected chi connectivity index (χ0v) is 18.9. The predicted molar refractivity (Wildman–Crippen MR) is 124 cm³/mol. The molecule has 8 nitrogen and oxygen atoms in total. The number of hydrogen-bond acceptors (Lipinski definition) is 4. The fourth-order valence-electron chi connectivity index (χ4n) is 3.03. The molecule has 166 valence electrons. The van der Waals surface area contributed by atoms with Gasteiger partial charge in [0.15, 0.2) is 0 Å². The predicted octanol–water partition coefficient (Wildman–Crippen LogP) is 3.68. The van der Waals surface area contributed by atoms with Crippen molar-refractivity contribution in [1.82, 2.24) is 0 Å². The van der Waals surface area contributed by atoms with E-state index in [4.69, 9.17) is 28.9 Å². The molecule has 0 aliphatic carbocycles. The van der Waals surface area contributed by atoms with Crippen LogP contribution in [0.2, 0.25) is 10.0 Å². The van der Waals surface area contributed by atoms with E-state index >= 15 is 0 Å². The van der Waals surface area contributed by atoms with E-state index < -0.39 is 28.4 Å². The molecule has 11 heteroatoms. The monoisotopic (exact) mass is 493 g/mol. The summed E-state index contributed by atoms with van der Waals surface area (Å²) in [6, 6.07) is 13.4. The number of aliphatic imine (C=N–C) groups is 1. The number of fused-ring (bicyclic) bond motifs is 1. The fourth-order valence-corrected chi connectivity index (χ4v) is 5.16. The average Bonchev–Trinajstić information content (AvgIpc) is 2.69. The summed E-state index contributed by atoms with van der Waals surface area (Å²) >= 11 is 11.9. The van der Waals surface area contributed by atoms with Crippen LogP contribution in [0.15, 0.2) is 64.5 Å². The van der Waals surface area contributed by atoms with Crippen molar-refractivity contribution in [1.29, 1.82) is 0 Å². The molecule has 0 atom stereocenters. The summed E-state index contributed by atoms with van der Waals surface area (Å²) in [6.07, 6.45) is 0. The van der Waals surface area contributed by atoms with Gasteiger partial charge in [0.2, 0.25) is 5.91 Å². The van der Waals surface area contributed by atoms with E-state index in [1.54, 1.807) is 24.3 Å². The van der Waals surface area contributed by atoms with Crippen LogP contribution in [0.25, 0.3) is 10.8 Å². The number of nitrogens with zero attached hydrogens (tertiary/aromatic N) is 2. The number of carbonyl (C=O) groups excluding carboxylic acids is 1. The minimum absolute atomic E-state index is 0.00776. The third-order valence-corrected chi connectivity index (χ3v) is 6.58. The van der Waals surface area contributed by atoms with Gasteiger partial charge in [-0.25, -0.2) is 8.42 Å². The van der Waals surface area contributed by atoms with Gasteiger partial charge >= 0.3 is 5.97 Å². The fraction of sp³-hybridized carbons (Fsp3) is 0.0952. The molecule has 0 heterocycles. The van der Waals surface area contributed by atoms with Gasteiger partial charge in [0, 0.05) is 22.5 Å². The maximum Gasteiger partial charge on any atom is 0.324 e. The number of aliphatic carboxylic acids is 1. The van der Waals surface area contributed by atoms with E-state index in [2.05, 4.69) is 4.99 Å². The second-order valence-electron chi connectivity index (χ2n) is 6.77. The Morgan fingerprint density at radius 1 is 1.00 bits per heavy atom. The number of carboxylic acid groups (broad SMARTS) is 1. The number of benzene rings is 3. The van der Waals surface area contributed by atoms with Crippen molar-refractivity contribution < 1.29 is 23.1 Å². The Balaban J connectivity index is 2.15. The highest BCUT2D eigenvalue weighted by molar-refractivity contribution is 7.92. The first-order valence-corrected chi connectivity index (χ1v) is 11.3. The lowest BCUT2D eigenvalue weighted by atomic mass is 10.1. The first-order chi connectivity index (χ1) is 15.0. The number of amidine groups is 1. The Hall–Kier alpha value is -3.14. The van der Waals surface area contributed by atoms with Gasteiger partial charge in [-0.15, -0.1) is 0 Å². The molecule has 3 aromatic rings. The van der Waals surface area contributed by atoms with Crippen molar-refractivity contribution in [2.45, 2.75) is 11.8 Å². The van der Waals surface area contributed by atoms with Crippen LogP contribution in [0.5, 0.6) is 0 Å². The summed E-state index contributed by atoms with van der Waals surface area (Å²) < 4.78 is 27.3. The number of nitrogens with two attached hydrogens (primary N) is 1. The van der Waals surface area contributed by atoms with Crippen LogP contribution in [0, 0.1) is 0 Å². The molecule has 0 fully saturated rings. The van der Waals surface area contributed by atoms with Crippen molar-refractivity contribution in [2.75, 3.05) is 10.8 Å². The molecule has 0 aliphatic heterocycles. The lowest BCUT2D eigenvalue weighted by Crippen LogP contribution is -2.35. The van der Waals surface area contributed by atoms with Crippen LogP contribution in [-0.4, -0.2) is 37.8 Å². The first kappa shape index (κ1) is 23.5. The molecule has 0 saturated carbocycles. The number of carbonyl (C=O) groups is 2. The SMILES string of the molecule is CC(=O)N=C(N)c1ccc2ccc(N(CC(=O)O)S(=O)(=O)c3cc(Cl)cc(Cl)c3)cc2c1. The lowest BCUT2D eigenvalue weighted by molar-refractivity contribution is -0.135. The normalized spacial score (nSPS) is 12.0. The minimum atomic E-state index is -4.31. The Morgan fingerprint density at radius 3 is 2.22 bits per heavy atom. The van der Waals surface area contributed by atoms with Gasteiger partial charge < -0.3 is 10.8 Å². The molecular formula is C21H17Cl2N3O5S. The maximum atomic E-state index is 13.3. The van der Waals surface area contributed by atoms with Crippen LogP contribution in [0.1, 0.15) is 12.5 Å². The third kappa shape index (κ3) is 5.18. The zero-order valence-electron chi connectivity index (χ0n) is 16.6. The van der Waals surface area contributed by atoms with Crippen LogP contribution >= 0.6 is 23.2 Å². The quantitative estimate of drug-likeness (QED) is 0.397. The van der Waals surface area contributed by atoms with E-state index in [1.807, 2.05) is 0 Å². The molecular weight excluding hydrogens is 477 g/mol. The average molecular weight is 494 g/mol.